The predicted molar refractivity (Wildman–Crippen MR) is 83.2 cm³/mol. The summed E-state index contributed by atoms with van der Waals surface area (Å²) in [5, 5.41) is 19.4. The van der Waals surface area contributed by atoms with E-state index in [1.807, 2.05) is 24.3 Å². The summed E-state index contributed by atoms with van der Waals surface area (Å²) in [6.45, 7) is 4.27. The maximum Gasteiger partial charge on any atom is 0.115 e. The van der Waals surface area contributed by atoms with E-state index in [9.17, 15) is 10.2 Å². The lowest BCUT2D eigenvalue weighted by Gasteiger charge is -2.14. The third-order valence-corrected chi connectivity index (χ3v) is 3.51. The second-order valence-electron chi connectivity index (χ2n) is 5.18. The highest BCUT2D eigenvalue weighted by Gasteiger charge is 2.10. The molecule has 106 valence electrons. The average Bonchev–Trinajstić information content (AvgIpc) is 2.41. The molecule has 0 saturated carbocycles. The fourth-order valence-corrected chi connectivity index (χ4v) is 2.64. The molecule has 0 saturated heterocycles. The Labute approximate surface area is 120 Å². The lowest BCUT2D eigenvalue weighted by atomic mass is 9.91. The quantitative estimate of drug-likeness (QED) is 0.828. The number of rotatable bonds is 5. The molecule has 0 bridgehead atoms. The third-order valence-electron chi connectivity index (χ3n) is 3.51. The van der Waals surface area contributed by atoms with Crippen LogP contribution < -0.4 is 0 Å². The maximum atomic E-state index is 9.69. The van der Waals surface area contributed by atoms with Crippen molar-refractivity contribution in [2.75, 3.05) is 0 Å². The first-order valence-corrected chi connectivity index (χ1v) is 7.29. The number of benzene rings is 2. The van der Waals surface area contributed by atoms with Crippen LogP contribution in [0.5, 0.6) is 11.5 Å². The number of phenolic OH excluding ortho intramolecular Hbond substituents is 2. The van der Waals surface area contributed by atoms with Crippen molar-refractivity contribution in [3.63, 3.8) is 0 Å². The van der Waals surface area contributed by atoms with Crippen LogP contribution in [-0.4, -0.2) is 10.2 Å². The van der Waals surface area contributed by atoms with Crippen LogP contribution in [0.3, 0.4) is 0 Å². The average molecular weight is 270 g/mol. The van der Waals surface area contributed by atoms with Crippen LogP contribution in [0.15, 0.2) is 36.4 Å². The van der Waals surface area contributed by atoms with Gasteiger partial charge in [-0.15, -0.1) is 0 Å². The number of hydrogen-bond donors (Lipinski definition) is 2. The molecular weight excluding hydrogens is 248 g/mol. The van der Waals surface area contributed by atoms with Crippen LogP contribution in [-0.2, 0) is 12.8 Å². The number of aryl methyl sites for hydroxylation is 2. The molecule has 0 amide bonds. The zero-order valence-electron chi connectivity index (χ0n) is 12.2. The molecule has 0 atom stereocenters. The molecule has 2 aromatic carbocycles. The molecule has 2 rings (SSSR count). The Morgan fingerprint density at radius 3 is 1.45 bits per heavy atom. The van der Waals surface area contributed by atoms with Crippen LogP contribution in [0.2, 0.25) is 0 Å². The van der Waals surface area contributed by atoms with E-state index >= 15 is 0 Å². The summed E-state index contributed by atoms with van der Waals surface area (Å²) in [5.74, 6) is 0.626. The van der Waals surface area contributed by atoms with E-state index in [1.54, 1.807) is 12.1 Å². The fourth-order valence-electron chi connectivity index (χ4n) is 2.64. The van der Waals surface area contributed by atoms with Crippen LogP contribution in [0.4, 0.5) is 0 Å². The van der Waals surface area contributed by atoms with Gasteiger partial charge in [0.15, 0.2) is 0 Å². The van der Waals surface area contributed by atoms with Gasteiger partial charge in [-0.05, 0) is 59.4 Å². The van der Waals surface area contributed by atoms with E-state index in [-0.39, 0.29) is 0 Å². The van der Waals surface area contributed by atoms with Crippen molar-refractivity contribution in [1.82, 2.24) is 0 Å². The number of aromatic hydroxyl groups is 2. The van der Waals surface area contributed by atoms with Crippen molar-refractivity contribution in [3.05, 3.63) is 47.5 Å². The molecule has 2 nitrogen and oxygen atoms in total. The molecule has 0 aliphatic rings. The first-order valence-electron chi connectivity index (χ1n) is 7.29. The SMILES string of the molecule is CCCc1cc(O)ccc1-c1ccc(O)cc1CCC. The van der Waals surface area contributed by atoms with Gasteiger partial charge >= 0.3 is 0 Å². The van der Waals surface area contributed by atoms with Crippen LogP contribution >= 0.6 is 0 Å². The lowest BCUT2D eigenvalue weighted by molar-refractivity contribution is 0.473. The minimum Gasteiger partial charge on any atom is -0.508 e. The zero-order valence-corrected chi connectivity index (χ0v) is 12.2. The predicted octanol–water partition coefficient (Wildman–Crippen LogP) is 4.67. The van der Waals surface area contributed by atoms with Crippen molar-refractivity contribution in [2.45, 2.75) is 39.5 Å². The second kappa shape index (κ2) is 6.47. The molecule has 2 N–H and O–H groups in total. The normalized spacial score (nSPS) is 10.7. The van der Waals surface area contributed by atoms with E-state index in [1.165, 1.54) is 0 Å². The molecule has 0 aromatic heterocycles. The van der Waals surface area contributed by atoms with Crippen molar-refractivity contribution in [2.24, 2.45) is 0 Å². The first kappa shape index (κ1) is 14.4. The molecule has 2 heteroatoms. The summed E-state index contributed by atoms with van der Waals surface area (Å²) in [7, 11) is 0. The molecule has 0 radical (unpaired) electrons. The van der Waals surface area contributed by atoms with Gasteiger partial charge in [0.05, 0.1) is 0 Å². The molecule has 0 spiro atoms. The van der Waals surface area contributed by atoms with Gasteiger partial charge in [-0.2, -0.15) is 0 Å². The molecule has 0 fully saturated rings. The van der Waals surface area contributed by atoms with Gasteiger partial charge in [0.2, 0.25) is 0 Å². The highest BCUT2D eigenvalue weighted by atomic mass is 16.3. The van der Waals surface area contributed by atoms with Crippen LogP contribution in [0, 0.1) is 0 Å². The molecule has 2 aromatic rings. The van der Waals surface area contributed by atoms with Crippen molar-refractivity contribution >= 4 is 0 Å². The standard InChI is InChI=1S/C18H22O2/c1-3-5-13-11-15(19)7-9-17(13)18-10-8-16(20)12-14(18)6-4-2/h7-12,19-20H,3-6H2,1-2H3. The molecule has 0 aliphatic carbocycles. The largest absolute Gasteiger partial charge is 0.508 e. The van der Waals surface area contributed by atoms with Gasteiger partial charge < -0.3 is 10.2 Å². The van der Waals surface area contributed by atoms with Gasteiger partial charge in [0, 0.05) is 0 Å². The smallest absolute Gasteiger partial charge is 0.115 e. The highest BCUT2D eigenvalue weighted by molar-refractivity contribution is 5.72. The van der Waals surface area contributed by atoms with Crippen molar-refractivity contribution < 1.29 is 10.2 Å². The molecule has 20 heavy (non-hydrogen) atoms. The highest BCUT2D eigenvalue weighted by Crippen LogP contribution is 2.33. The Morgan fingerprint density at radius 1 is 0.700 bits per heavy atom. The Balaban J connectivity index is 2.55. The monoisotopic (exact) mass is 270 g/mol. The fraction of sp³-hybridized carbons (Fsp3) is 0.333. The summed E-state index contributed by atoms with van der Waals surface area (Å²) in [6, 6.07) is 11.1. The van der Waals surface area contributed by atoms with E-state index in [4.69, 9.17) is 0 Å². The van der Waals surface area contributed by atoms with Crippen molar-refractivity contribution in [3.8, 4) is 22.6 Å². The van der Waals surface area contributed by atoms with Gasteiger partial charge in [-0.25, -0.2) is 0 Å². The summed E-state index contributed by atoms with van der Waals surface area (Å²) in [5.41, 5.74) is 4.65. The van der Waals surface area contributed by atoms with Crippen molar-refractivity contribution in [1.29, 1.82) is 0 Å². The molecule has 0 aliphatic heterocycles. The zero-order chi connectivity index (χ0) is 14.5. The second-order valence-corrected chi connectivity index (χ2v) is 5.18. The topological polar surface area (TPSA) is 40.5 Å². The number of hydrogen-bond acceptors (Lipinski definition) is 2. The first-order chi connectivity index (χ1) is 9.65. The Morgan fingerprint density at radius 2 is 1.10 bits per heavy atom. The van der Waals surface area contributed by atoms with E-state index < -0.39 is 0 Å². The summed E-state index contributed by atoms with van der Waals surface area (Å²) >= 11 is 0. The summed E-state index contributed by atoms with van der Waals surface area (Å²) in [4.78, 5) is 0. The maximum absolute atomic E-state index is 9.69. The van der Waals surface area contributed by atoms with Crippen LogP contribution in [0.25, 0.3) is 11.1 Å². The van der Waals surface area contributed by atoms with Gasteiger partial charge in [-0.1, -0.05) is 38.8 Å². The van der Waals surface area contributed by atoms with Gasteiger partial charge in [0.25, 0.3) is 0 Å². The lowest BCUT2D eigenvalue weighted by Crippen LogP contribution is -1.94. The van der Waals surface area contributed by atoms with Gasteiger partial charge in [0.1, 0.15) is 11.5 Å². The number of phenols is 2. The van der Waals surface area contributed by atoms with Gasteiger partial charge in [-0.3, -0.25) is 0 Å². The molecule has 0 heterocycles. The van der Waals surface area contributed by atoms with Crippen LogP contribution in [0.1, 0.15) is 37.8 Å². The minimum atomic E-state index is 0.313. The van der Waals surface area contributed by atoms with E-state index in [0.717, 1.165) is 47.9 Å². The summed E-state index contributed by atoms with van der Waals surface area (Å²) < 4.78 is 0. The van der Waals surface area contributed by atoms with E-state index in [0.29, 0.717) is 11.5 Å². The Kier molecular flexibility index (Phi) is 4.67. The summed E-state index contributed by atoms with van der Waals surface area (Å²) in [6.07, 6.45) is 3.96. The molecule has 0 unspecified atom stereocenters. The Bertz CT molecular complexity index is 534. The third kappa shape index (κ3) is 3.13. The van der Waals surface area contributed by atoms with E-state index in [2.05, 4.69) is 13.8 Å². The Hall–Kier alpha value is -1.96. The molecular formula is C18H22O2. The minimum absolute atomic E-state index is 0.313.